The summed E-state index contributed by atoms with van der Waals surface area (Å²) in [7, 11) is -3.34. The maximum atomic E-state index is 12.3. The van der Waals surface area contributed by atoms with Crippen LogP contribution in [-0.2, 0) is 10.2 Å². The Bertz CT molecular complexity index is 374. The van der Waals surface area contributed by atoms with Crippen molar-refractivity contribution in [3.8, 4) is 0 Å². The predicted molar refractivity (Wildman–Crippen MR) is 83.9 cm³/mol. The molecule has 0 spiro atoms. The first-order chi connectivity index (χ1) is 9.30. The highest BCUT2D eigenvalue weighted by Gasteiger charge is 2.31. The van der Waals surface area contributed by atoms with Gasteiger partial charge in [0.05, 0.1) is 0 Å². The van der Waals surface area contributed by atoms with Crippen LogP contribution in [0.3, 0.4) is 0 Å². The molecule has 0 amide bonds. The van der Waals surface area contributed by atoms with Gasteiger partial charge in [-0.1, -0.05) is 13.8 Å². The lowest BCUT2D eigenvalue weighted by Gasteiger charge is -2.34. The molecule has 5 nitrogen and oxygen atoms in total. The smallest absolute Gasteiger partial charge is 0.279 e. The normalized spacial score (nSPS) is 19.4. The van der Waals surface area contributed by atoms with Crippen LogP contribution in [-0.4, -0.2) is 44.4 Å². The van der Waals surface area contributed by atoms with Gasteiger partial charge in [0, 0.05) is 18.6 Å². The first-order valence-electron chi connectivity index (χ1n) is 7.80. The van der Waals surface area contributed by atoms with Crippen molar-refractivity contribution in [2.75, 3.05) is 26.2 Å². The molecule has 0 aromatic rings. The molecule has 20 heavy (non-hydrogen) atoms. The Kier molecular flexibility index (Phi) is 6.91. The van der Waals surface area contributed by atoms with E-state index >= 15 is 0 Å². The van der Waals surface area contributed by atoms with Crippen LogP contribution in [0.1, 0.15) is 53.4 Å². The molecular weight excluding hydrogens is 274 g/mol. The lowest BCUT2D eigenvalue weighted by Crippen LogP contribution is -2.52. The number of hydrogen-bond donors (Lipinski definition) is 2. The predicted octanol–water partition coefficient (Wildman–Crippen LogP) is 1.72. The second-order valence-electron chi connectivity index (χ2n) is 6.39. The van der Waals surface area contributed by atoms with Crippen LogP contribution in [0.25, 0.3) is 0 Å². The molecule has 0 atom stereocenters. The highest BCUT2D eigenvalue weighted by Crippen LogP contribution is 2.20. The van der Waals surface area contributed by atoms with Crippen molar-refractivity contribution in [3.63, 3.8) is 0 Å². The van der Waals surface area contributed by atoms with E-state index in [9.17, 15) is 8.42 Å². The molecule has 120 valence electrons. The fraction of sp³-hybridized carbons (Fsp3) is 1.00. The third-order valence-electron chi connectivity index (χ3n) is 4.06. The van der Waals surface area contributed by atoms with E-state index in [1.807, 2.05) is 20.8 Å². The quantitative estimate of drug-likeness (QED) is 0.671. The van der Waals surface area contributed by atoms with Crippen molar-refractivity contribution in [3.05, 3.63) is 0 Å². The molecule has 1 fully saturated rings. The van der Waals surface area contributed by atoms with Gasteiger partial charge in [0.25, 0.3) is 10.2 Å². The Labute approximate surface area is 124 Å². The van der Waals surface area contributed by atoms with Crippen LogP contribution in [0.4, 0.5) is 0 Å². The van der Waals surface area contributed by atoms with Gasteiger partial charge < -0.3 is 5.32 Å². The molecule has 0 bridgehead atoms. The van der Waals surface area contributed by atoms with E-state index < -0.39 is 10.2 Å². The average Bonchev–Trinajstić information content (AvgIpc) is 2.38. The third kappa shape index (κ3) is 5.68. The van der Waals surface area contributed by atoms with Crippen molar-refractivity contribution < 1.29 is 8.42 Å². The number of nitrogens with one attached hydrogen (secondary N) is 2. The van der Waals surface area contributed by atoms with E-state index in [1.54, 1.807) is 4.31 Å². The zero-order valence-electron chi connectivity index (χ0n) is 13.4. The largest absolute Gasteiger partial charge is 0.316 e. The van der Waals surface area contributed by atoms with E-state index in [0.29, 0.717) is 19.0 Å². The summed E-state index contributed by atoms with van der Waals surface area (Å²) in [6, 6.07) is 0. The monoisotopic (exact) mass is 305 g/mol. The van der Waals surface area contributed by atoms with E-state index in [1.165, 1.54) is 0 Å². The Morgan fingerprint density at radius 3 is 2.30 bits per heavy atom. The molecule has 1 aliphatic rings. The Morgan fingerprint density at radius 2 is 1.80 bits per heavy atom. The molecular formula is C14H31N3O2S. The molecule has 1 saturated heterocycles. The van der Waals surface area contributed by atoms with Crippen LogP contribution in [0.5, 0.6) is 0 Å². The second kappa shape index (κ2) is 7.73. The molecule has 0 aliphatic carbocycles. The summed E-state index contributed by atoms with van der Waals surface area (Å²) in [6.45, 7) is 11.3. The minimum absolute atomic E-state index is 0.377. The summed E-state index contributed by atoms with van der Waals surface area (Å²) in [6.07, 6.45) is 3.82. The summed E-state index contributed by atoms with van der Waals surface area (Å²) >= 11 is 0. The lowest BCUT2D eigenvalue weighted by atomic mass is 9.98. The van der Waals surface area contributed by atoms with Crippen molar-refractivity contribution in [2.45, 2.75) is 58.9 Å². The first kappa shape index (κ1) is 17.9. The van der Waals surface area contributed by atoms with Gasteiger partial charge in [-0.05, 0) is 58.5 Å². The first-order valence-corrected chi connectivity index (χ1v) is 9.24. The maximum Gasteiger partial charge on any atom is 0.279 e. The highest BCUT2D eigenvalue weighted by molar-refractivity contribution is 7.87. The van der Waals surface area contributed by atoms with E-state index in [4.69, 9.17) is 0 Å². The van der Waals surface area contributed by atoms with Gasteiger partial charge in [0.1, 0.15) is 0 Å². The van der Waals surface area contributed by atoms with Crippen LogP contribution in [0.2, 0.25) is 0 Å². The summed E-state index contributed by atoms with van der Waals surface area (Å²) < 4.78 is 29.1. The van der Waals surface area contributed by atoms with Gasteiger partial charge in [0.15, 0.2) is 0 Å². The highest BCUT2D eigenvalue weighted by atomic mass is 32.2. The van der Waals surface area contributed by atoms with E-state index in [0.717, 1.165) is 38.8 Å². The summed E-state index contributed by atoms with van der Waals surface area (Å²) in [5.74, 6) is 0.604. The fourth-order valence-electron chi connectivity index (χ4n) is 2.32. The molecule has 0 aromatic carbocycles. The average molecular weight is 305 g/mol. The molecule has 0 aromatic heterocycles. The molecule has 6 heteroatoms. The zero-order valence-corrected chi connectivity index (χ0v) is 14.2. The Hall–Kier alpha value is -0.170. The third-order valence-corrected chi connectivity index (χ3v) is 5.92. The SMILES string of the molecule is CCCNCC1CCN(S(=O)(=O)NC(C)(C)CC)CC1. The summed E-state index contributed by atoms with van der Waals surface area (Å²) in [5.41, 5.74) is -0.377. The van der Waals surface area contributed by atoms with E-state index in [-0.39, 0.29) is 5.54 Å². The van der Waals surface area contributed by atoms with Crippen molar-refractivity contribution in [1.82, 2.24) is 14.3 Å². The molecule has 0 saturated carbocycles. The minimum atomic E-state index is -3.34. The zero-order chi connectivity index (χ0) is 15.2. The molecule has 0 unspecified atom stereocenters. The van der Waals surface area contributed by atoms with Crippen LogP contribution in [0.15, 0.2) is 0 Å². The molecule has 1 rings (SSSR count). The summed E-state index contributed by atoms with van der Waals surface area (Å²) in [4.78, 5) is 0. The van der Waals surface area contributed by atoms with Crippen LogP contribution >= 0.6 is 0 Å². The van der Waals surface area contributed by atoms with Gasteiger partial charge in [-0.25, -0.2) is 0 Å². The molecule has 1 heterocycles. The molecule has 0 radical (unpaired) electrons. The number of piperidine rings is 1. The standard InChI is InChI=1S/C14H31N3O2S/c1-5-9-15-12-13-7-10-17(11-8-13)20(18,19)16-14(3,4)6-2/h13,15-16H,5-12H2,1-4H3. The molecule has 2 N–H and O–H groups in total. The lowest BCUT2D eigenvalue weighted by molar-refractivity contribution is 0.261. The van der Waals surface area contributed by atoms with E-state index in [2.05, 4.69) is 17.0 Å². The fourth-order valence-corrected chi connectivity index (χ4v) is 3.99. The number of rotatable bonds is 8. The van der Waals surface area contributed by atoms with Gasteiger partial charge in [-0.3, -0.25) is 0 Å². The van der Waals surface area contributed by atoms with Gasteiger partial charge in [-0.15, -0.1) is 0 Å². The van der Waals surface area contributed by atoms with Crippen molar-refractivity contribution >= 4 is 10.2 Å². The second-order valence-corrected chi connectivity index (χ2v) is 8.06. The van der Waals surface area contributed by atoms with Crippen molar-refractivity contribution in [1.29, 1.82) is 0 Å². The molecule has 1 aliphatic heterocycles. The maximum absolute atomic E-state index is 12.3. The van der Waals surface area contributed by atoms with Crippen LogP contribution < -0.4 is 10.0 Å². The van der Waals surface area contributed by atoms with Crippen molar-refractivity contribution in [2.24, 2.45) is 5.92 Å². The number of hydrogen-bond acceptors (Lipinski definition) is 3. The Morgan fingerprint density at radius 1 is 1.20 bits per heavy atom. The van der Waals surface area contributed by atoms with Gasteiger partial charge >= 0.3 is 0 Å². The summed E-state index contributed by atoms with van der Waals surface area (Å²) in [5, 5.41) is 3.42. The van der Waals surface area contributed by atoms with Crippen LogP contribution in [0, 0.1) is 5.92 Å². The number of nitrogens with zero attached hydrogens (tertiary/aromatic N) is 1. The van der Waals surface area contributed by atoms with Gasteiger partial charge in [-0.2, -0.15) is 17.4 Å². The topological polar surface area (TPSA) is 61.4 Å². The minimum Gasteiger partial charge on any atom is -0.316 e. The van der Waals surface area contributed by atoms with Gasteiger partial charge in [0.2, 0.25) is 0 Å². The Balaban J connectivity index is 2.44.